The van der Waals surface area contributed by atoms with E-state index in [4.69, 9.17) is 9.47 Å². The normalized spacial score (nSPS) is 29.0. The quantitative estimate of drug-likeness (QED) is 0.622. The van der Waals surface area contributed by atoms with Crippen LogP contribution in [0.1, 0.15) is 29.6 Å². The van der Waals surface area contributed by atoms with Crippen molar-refractivity contribution in [3.05, 3.63) is 35.1 Å². The molecular weight excluding hydrogens is 285 g/mol. The van der Waals surface area contributed by atoms with E-state index in [1.54, 1.807) is 0 Å². The number of benzene rings is 1. The first-order chi connectivity index (χ1) is 10.0. The Morgan fingerprint density at radius 3 is 2.71 bits per heavy atom. The van der Waals surface area contributed by atoms with Crippen molar-refractivity contribution in [2.45, 2.75) is 24.9 Å². The zero-order valence-electron chi connectivity index (χ0n) is 11.3. The Morgan fingerprint density at radius 1 is 1.19 bits per heavy atom. The molecule has 0 N–H and O–H groups in total. The van der Waals surface area contributed by atoms with Crippen molar-refractivity contribution < 1.29 is 27.4 Å². The molecule has 2 unspecified atom stereocenters. The number of hydrogen-bond acceptors (Lipinski definition) is 3. The average Bonchev–Trinajstić information content (AvgIpc) is 2.92. The number of carbonyl (C=O) groups is 1. The van der Waals surface area contributed by atoms with Crippen molar-refractivity contribution >= 4 is 5.78 Å². The molecule has 0 amide bonds. The maximum absolute atomic E-state index is 13.7. The van der Waals surface area contributed by atoms with E-state index in [9.17, 15) is 18.0 Å². The molecule has 0 radical (unpaired) electrons. The van der Waals surface area contributed by atoms with Crippen LogP contribution < -0.4 is 0 Å². The Kier molecular flexibility index (Phi) is 3.75. The molecule has 2 heterocycles. The van der Waals surface area contributed by atoms with E-state index in [1.807, 2.05) is 0 Å². The van der Waals surface area contributed by atoms with E-state index in [-0.39, 0.29) is 0 Å². The maximum atomic E-state index is 13.7. The van der Waals surface area contributed by atoms with Gasteiger partial charge in [-0.3, -0.25) is 4.79 Å². The van der Waals surface area contributed by atoms with Crippen LogP contribution in [-0.2, 0) is 9.47 Å². The summed E-state index contributed by atoms with van der Waals surface area (Å²) < 4.78 is 51.0. The molecule has 0 aliphatic carbocycles. The minimum Gasteiger partial charge on any atom is -0.378 e. The summed E-state index contributed by atoms with van der Waals surface area (Å²) in [6, 6.07) is 1.78. The molecule has 2 aliphatic heterocycles. The molecule has 2 saturated heterocycles. The van der Waals surface area contributed by atoms with Crippen LogP contribution in [0.5, 0.6) is 0 Å². The lowest BCUT2D eigenvalue weighted by molar-refractivity contribution is -0.0921. The smallest absolute Gasteiger partial charge is 0.195 e. The van der Waals surface area contributed by atoms with Crippen LogP contribution in [0, 0.1) is 23.4 Å². The predicted octanol–water partition coefficient (Wildman–Crippen LogP) is 2.87. The molecule has 1 spiro atoms. The number of halogens is 3. The standard InChI is InChI=1S/C15H15F3O3/c16-11-2-1-10(12(17)13(11)18)14(19)9-3-5-21-15(7-9)4-6-20-8-15/h1-2,9H,3-8H2. The second-order valence-electron chi connectivity index (χ2n) is 5.61. The topological polar surface area (TPSA) is 35.5 Å². The van der Waals surface area contributed by atoms with Crippen LogP contribution in [0.2, 0.25) is 0 Å². The van der Waals surface area contributed by atoms with Gasteiger partial charge in [0, 0.05) is 25.6 Å². The Balaban J connectivity index is 1.83. The predicted molar refractivity (Wildman–Crippen MR) is 67.5 cm³/mol. The van der Waals surface area contributed by atoms with Gasteiger partial charge in [0.15, 0.2) is 23.2 Å². The van der Waals surface area contributed by atoms with Gasteiger partial charge in [-0.25, -0.2) is 13.2 Å². The zero-order valence-corrected chi connectivity index (χ0v) is 11.3. The fourth-order valence-electron chi connectivity index (χ4n) is 3.05. The highest BCUT2D eigenvalue weighted by Crippen LogP contribution is 2.37. The molecule has 3 nitrogen and oxygen atoms in total. The molecule has 114 valence electrons. The van der Waals surface area contributed by atoms with Crippen molar-refractivity contribution in [3.63, 3.8) is 0 Å². The molecule has 2 atom stereocenters. The summed E-state index contributed by atoms with van der Waals surface area (Å²) in [4.78, 5) is 12.4. The van der Waals surface area contributed by atoms with Crippen molar-refractivity contribution in [1.29, 1.82) is 0 Å². The molecule has 0 saturated carbocycles. The van der Waals surface area contributed by atoms with Crippen LogP contribution in [0.4, 0.5) is 13.2 Å². The van der Waals surface area contributed by atoms with Gasteiger partial charge in [0.25, 0.3) is 0 Å². The van der Waals surface area contributed by atoms with Crippen molar-refractivity contribution in [2.75, 3.05) is 19.8 Å². The highest BCUT2D eigenvalue weighted by Gasteiger charge is 2.43. The summed E-state index contributed by atoms with van der Waals surface area (Å²) in [5.41, 5.74) is -0.886. The number of ketones is 1. The number of hydrogen-bond donors (Lipinski definition) is 0. The molecular formula is C15H15F3O3. The zero-order chi connectivity index (χ0) is 15.0. The van der Waals surface area contributed by atoms with Gasteiger partial charge < -0.3 is 9.47 Å². The average molecular weight is 300 g/mol. The summed E-state index contributed by atoms with van der Waals surface area (Å²) in [6.07, 6.45) is 1.56. The van der Waals surface area contributed by atoms with E-state index in [0.717, 1.165) is 12.1 Å². The third kappa shape index (κ3) is 2.58. The molecule has 0 aromatic heterocycles. The SMILES string of the molecule is O=C(c1ccc(F)c(F)c1F)C1CCOC2(CCOC2)C1. The van der Waals surface area contributed by atoms with E-state index >= 15 is 0 Å². The van der Waals surface area contributed by atoms with Crippen molar-refractivity contribution in [1.82, 2.24) is 0 Å². The summed E-state index contributed by atoms with van der Waals surface area (Å²) in [7, 11) is 0. The van der Waals surface area contributed by atoms with Gasteiger partial charge in [-0.05, 0) is 25.0 Å². The van der Waals surface area contributed by atoms with Crippen LogP contribution in [0.3, 0.4) is 0 Å². The Labute approximate surface area is 120 Å². The molecule has 0 bridgehead atoms. The summed E-state index contributed by atoms with van der Waals surface area (Å²) in [6.45, 7) is 1.36. The van der Waals surface area contributed by atoms with Crippen LogP contribution in [-0.4, -0.2) is 31.2 Å². The third-order valence-electron chi connectivity index (χ3n) is 4.23. The van der Waals surface area contributed by atoms with Gasteiger partial charge in [0.1, 0.15) is 0 Å². The number of carbonyl (C=O) groups excluding carboxylic acids is 1. The molecule has 1 aromatic rings. The summed E-state index contributed by atoms with van der Waals surface area (Å²) in [5, 5.41) is 0. The van der Waals surface area contributed by atoms with Crippen LogP contribution in [0.25, 0.3) is 0 Å². The lowest BCUT2D eigenvalue weighted by Crippen LogP contribution is -2.42. The van der Waals surface area contributed by atoms with E-state index in [1.165, 1.54) is 0 Å². The minimum atomic E-state index is -1.60. The van der Waals surface area contributed by atoms with Crippen molar-refractivity contribution in [3.8, 4) is 0 Å². The van der Waals surface area contributed by atoms with Gasteiger partial charge in [-0.15, -0.1) is 0 Å². The first-order valence-electron chi connectivity index (χ1n) is 6.92. The molecule has 1 aromatic carbocycles. The minimum absolute atomic E-state index is 0.380. The second-order valence-corrected chi connectivity index (χ2v) is 5.61. The van der Waals surface area contributed by atoms with Crippen LogP contribution >= 0.6 is 0 Å². The van der Waals surface area contributed by atoms with Gasteiger partial charge in [-0.2, -0.15) is 0 Å². The molecule has 21 heavy (non-hydrogen) atoms. The Hall–Kier alpha value is -1.40. The van der Waals surface area contributed by atoms with Crippen molar-refractivity contribution in [2.24, 2.45) is 5.92 Å². The van der Waals surface area contributed by atoms with Crippen LogP contribution in [0.15, 0.2) is 12.1 Å². The van der Waals surface area contributed by atoms with E-state index in [0.29, 0.717) is 39.1 Å². The number of Topliss-reactive ketones (excluding diaryl/α,β-unsaturated/α-hetero) is 1. The first kappa shape index (κ1) is 14.5. The Bertz CT molecular complexity index is 568. The summed E-state index contributed by atoms with van der Waals surface area (Å²) in [5.74, 6) is -5.27. The van der Waals surface area contributed by atoms with Gasteiger partial charge in [0.05, 0.1) is 17.8 Å². The molecule has 2 aliphatic rings. The fraction of sp³-hybridized carbons (Fsp3) is 0.533. The number of rotatable bonds is 2. The third-order valence-corrected chi connectivity index (χ3v) is 4.23. The maximum Gasteiger partial charge on any atom is 0.195 e. The fourth-order valence-corrected chi connectivity index (χ4v) is 3.05. The highest BCUT2D eigenvalue weighted by atomic mass is 19.2. The van der Waals surface area contributed by atoms with E-state index < -0.39 is 40.3 Å². The first-order valence-corrected chi connectivity index (χ1v) is 6.92. The van der Waals surface area contributed by atoms with Gasteiger partial charge in [0.2, 0.25) is 0 Å². The molecule has 6 heteroatoms. The van der Waals surface area contributed by atoms with E-state index in [2.05, 4.69) is 0 Å². The number of ether oxygens (including phenoxy) is 2. The Morgan fingerprint density at radius 2 is 2.00 bits per heavy atom. The highest BCUT2D eigenvalue weighted by molar-refractivity contribution is 5.98. The van der Waals surface area contributed by atoms with Gasteiger partial charge >= 0.3 is 0 Å². The summed E-state index contributed by atoms with van der Waals surface area (Å²) >= 11 is 0. The second kappa shape index (κ2) is 5.42. The molecule has 2 fully saturated rings. The monoisotopic (exact) mass is 300 g/mol. The largest absolute Gasteiger partial charge is 0.378 e. The molecule has 3 rings (SSSR count). The lowest BCUT2D eigenvalue weighted by atomic mass is 9.81. The van der Waals surface area contributed by atoms with Gasteiger partial charge in [-0.1, -0.05) is 0 Å². The lowest BCUT2D eigenvalue weighted by Gasteiger charge is -2.36.